The summed E-state index contributed by atoms with van der Waals surface area (Å²) in [6.07, 6.45) is 0.803. The van der Waals surface area contributed by atoms with Gasteiger partial charge >= 0.3 is 0 Å². The number of rotatable bonds is 2. The second-order valence-corrected chi connectivity index (χ2v) is 4.90. The molecule has 1 aliphatic rings. The molecule has 1 fully saturated rings. The van der Waals surface area contributed by atoms with E-state index in [1.165, 1.54) is 4.31 Å². The van der Waals surface area contributed by atoms with Crippen molar-refractivity contribution < 1.29 is 8.42 Å². The van der Waals surface area contributed by atoms with E-state index in [1.54, 1.807) is 6.92 Å². The van der Waals surface area contributed by atoms with Crippen LogP contribution in [-0.4, -0.2) is 32.4 Å². The maximum Gasteiger partial charge on any atom is 0.279 e. The van der Waals surface area contributed by atoms with E-state index in [0.29, 0.717) is 13.1 Å². The number of nitriles is 1. The second kappa shape index (κ2) is 4.05. The summed E-state index contributed by atoms with van der Waals surface area (Å²) in [5.41, 5.74) is 0. The van der Waals surface area contributed by atoms with Gasteiger partial charge in [-0.25, -0.2) is 4.72 Å². The zero-order valence-corrected chi connectivity index (χ0v) is 8.34. The molecule has 0 bridgehead atoms. The van der Waals surface area contributed by atoms with Crippen molar-refractivity contribution in [1.29, 1.82) is 5.26 Å². The number of nitrogens with zero attached hydrogens (tertiary/aromatic N) is 2. The Labute approximate surface area is 78.5 Å². The largest absolute Gasteiger partial charge is 0.279 e. The number of hydrogen-bond acceptors (Lipinski definition) is 3. The standard InChI is InChI=1S/C7H13N3O2S/c1-7(5-8)6-10-4-2-3-9-13(10,11)12/h7,9H,2-4,6H2,1H3. The van der Waals surface area contributed by atoms with E-state index in [-0.39, 0.29) is 12.5 Å². The summed E-state index contributed by atoms with van der Waals surface area (Å²) in [6.45, 7) is 3.01. The van der Waals surface area contributed by atoms with Gasteiger partial charge in [-0.2, -0.15) is 18.0 Å². The molecule has 0 aromatic carbocycles. The average Bonchev–Trinajstić information content (AvgIpc) is 2.08. The lowest BCUT2D eigenvalue weighted by molar-refractivity contribution is 0.354. The van der Waals surface area contributed by atoms with Gasteiger partial charge in [-0.1, -0.05) is 0 Å². The molecule has 1 aliphatic heterocycles. The van der Waals surface area contributed by atoms with Gasteiger partial charge in [0.05, 0.1) is 12.0 Å². The highest BCUT2D eigenvalue weighted by Crippen LogP contribution is 2.08. The van der Waals surface area contributed by atoms with Gasteiger partial charge < -0.3 is 0 Å². The minimum absolute atomic E-state index is 0.255. The highest BCUT2D eigenvalue weighted by Gasteiger charge is 2.26. The van der Waals surface area contributed by atoms with Gasteiger partial charge in [-0.05, 0) is 13.3 Å². The van der Waals surface area contributed by atoms with E-state index < -0.39 is 10.2 Å². The third-order valence-electron chi connectivity index (χ3n) is 1.91. The fourth-order valence-electron chi connectivity index (χ4n) is 1.20. The van der Waals surface area contributed by atoms with E-state index in [9.17, 15) is 8.42 Å². The Bertz CT molecular complexity index is 306. The number of hydrogen-bond donors (Lipinski definition) is 1. The van der Waals surface area contributed by atoms with Crippen LogP contribution in [0, 0.1) is 17.2 Å². The summed E-state index contributed by atoms with van der Waals surface area (Å²) in [5.74, 6) is -0.255. The summed E-state index contributed by atoms with van der Waals surface area (Å²) in [7, 11) is -3.30. The Morgan fingerprint density at radius 1 is 1.69 bits per heavy atom. The van der Waals surface area contributed by atoms with Crippen LogP contribution in [0.15, 0.2) is 0 Å². The van der Waals surface area contributed by atoms with E-state index in [1.807, 2.05) is 6.07 Å². The van der Waals surface area contributed by atoms with Crippen molar-refractivity contribution in [3.8, 4) is 6.07 Å². The van der Waals surface area contributed by atoms with E-state index >= 15 is 0 Å². The lowest BCUT2D eigenvalue weighted by Crippen LogP contribution is -2.48. The van der Waals surface area contributed by atoms with Crippen molar-refractivity contribution >= 4 is 10.2 Å². The molecule has 0 saturated carbocycles. The molecule has 0 aromatic heterocycles. The Kier molecular flexibility index (Phi) is 3.25. The van der Waals surface area contributed by atoms with Crippen LogP contribution >= 0.6 is 0 Å². The predicted molar refractivity (Wildman–Crippen MR) is 47.9 cm³/mol. The average molecular weight is 203 g/mol. The quantitative estimate of drug-likeness (QED) is 0.669. The SMILES string of the molecule is CC(C#N)CN1CCCNS1(=O)=O. The molecule has 0 amide bonds. The Hall–Kier alpha value is -0.640. The van der Waals surface area contributed by atoms with Crippen LogP contribution < -0.4 is 4.72 Å². The minimum atomic E-state index is -3.30. The smallest absolute Gasteiger partial charge is 0.202 e. The van der Waals surface area contributed by atoms with Crippen LogP contribution in [-0.2, 0) is 10.2 Å². The normalized spacial score (nSPS) is 24.9. The molecule has 0 radical (unpaired) electrons. The van der Waals surface area contributed by atoms with E-state index in [2.05, 4.69) is 4.72 Å². The maximum absolute atomic E-state index is 11.3. The molecule has 13 heavy (non-hydrogen) atoms. The van der Waals surface area contributed by atoms with E-state index in [0.717, 1.165) is 6.42 Å². The van der Waals surface area contributed by atoms with Crippen molar-refractivity contribution in [2.24, 2.45) is 5.92 Å². The van der Waals surface area contributed by atoms with Crippen molar-refractivity contribution in [2.75, 3.05) is 19.6 Å². The Balaban J connectivity index is 2.63. The zero-order chi connectivity index (χ0) is 9.90. The van der Waals surface area contributed by atoms with E-state index in [4.69, 9.17) is 5.26 Å². The van der Waals surface area contributed by atoms with Crippen LogP contribution in [0.1, 0.15) is 13.3 Å². The molecule has 1 atom stereocenters. The molecule has 74 valence electrons. The summed E-state index contributed by atoms with van der Waals surface area (Å²) < 4.78 is 26.4. The molecule has 0 aromatic rings. The maximum atomic E-state index is 11.3. The van der Waals surface area contributed by atoms with Gasteiger partial charge in [0, 0.05) is 19.6 Å². The first-order valence-electron chi connectivity index (χ1n) is 4.20. The first kappa shape index (κ1) is 10.4. The molecule has 1 rings (SSSR count). The highest BCUT2D eigenvalue weighted by molar-refractivity contribution is 7.87. The third-order valence-corrected chi connectivity index (χ3v) is 3.49. The van der Waals surface area contributed by atoms with Crippen LogP contribution in [0.5, 0.6) is 0 Å². The molecule has 0 spiro atoms. The van der Waals surface area contributed by atoms with Gasteiger partial charge in [0.2, 0.25) is 0 Å². The van der Waals surface area contributed by atoms with Crippen molar-refractivity contribution in [3.05, 3.63) is 0 Å². The summed E-state index contributed by atoms with van der Waals surface area (Å²) in [4.78, 5) is 0. The molecular weight excluding hydrogens is 190 g/mol. The second-order valence-electron chi connectivity index (χ2n) is 3.14. The first-order valence-corrected chi connectivity index (χ1v) is 5.64. The molecule has 5 nitrogen and oxygen atoms in total. The summed E-state index contributed by atoms with van der Waals surface area (Å²) in [5, 5.41) is 8.54. The summed E-state index contributed by atoms with van der Waals surface area (Å²) >= 11 is 0. The van der Waals surface area contributed by atoms with Gasteiger partial charge in [-0.15, -0.1) is 0 Å². The molecular formula is C7H13N3O2S. The minimum Gasteiger partial charge on any atom is -0.202 e. The zero-order valence-electron chi connectivity index (χ0n) is 7.52. The van der Waals surface area contributed by atoms with Gasteiger partial charge in [0.15, 0.2) is 0 Å². The lowest BCUT2D eigenvalue weighted by atomic mass is 10.2. The molecule has 1 unspecified atom stereocenters. The van der Waals surface area contributed by atoms with Gasteiger partial charge in [0.1, 0.15) is 0 Å². The van der Waals surface area contributed by atoms with Crippen LogP contribution in [0.4, 0.5) is 0 Å². The topological polar surface area (TPSA) is 73.2 Å². The third kappa shape index (κ3) is 2.66. The Morgan fingerprint density at radius 3 is 2.92 bits per heavy atom. The predicted octanol–water partition coefficient (Wildman–Crippen LogP) is -0.314. The number of nitrogens with one attached hydrogen (secondary N) is 1. The van der Waals surface area contributed by atoms with Crippen molar-refractivity contribution in [1.82, 2.24) is 9.03 Å². The molecule has 1 saturated heterocycles. The molecule has 0 aliphatic carbocycles. The molecule has 1 N–H and O–H groups in total. The van der Waals surface area contributed by atoms with Crippen LogP contribution in [0.3, 0.4) is 0 Å². The molecule has 1 heterocycles. The fraction of sp³-hybridized carbons (Fsp3) is 0.857. The van der Waals surface area contributed by atoms with Crippen LogP contribution in [0.2, 0.25) is 0 Å². The highest BCUT2D eigenvalue weighted by atomic mass is 32.2. The van der Waals surface area contributed by atoms with Gasteiger partial charge in [0.25, 0.3) is 10.2 Å². The summed E-state index contributed by atoms with van der Waals surface area (Å²) in [6, 6.07) is 2.02. The van der Waals surface area contributed by atoms with Crippen molar-refractivity contribution in [3.63, 3.8) is 0 Å². The molecule has 6 heteroatoms. The lowest BCUT2D eigenvalue weighted by Gasteiger charge is -2.27. The monoisotopic (exact) mass is 203 g/mol. The van der Waals surface area contributed by atoms with Crippen LogP contribution in [0.25, 0.3) is 0 Å². The Morgan fingerprint density at radius 2 is 2.38 bits per heavy atom. The van der Waals surface area contributed by atoms with Gasteiger partial charge in [-0.3, -0.25) is 0 Å². The first-order chi connectivity index (χ1) is 6.06. The van der Waals surface area contributed by atoms with Crippen molar-refractivity contribution in [2.45, 2.75) is 13.3 Å². The fourth-order valence-corrected chi connectivity index (χ4v) is 2.58.